The van der Waals surface area contributed by atoms with Gasteiger partial charge in [-0.25, -0.2) is 24.1 Å². The molecule has 0 aliphatic carbocycles. The third-order valence-corrected chi connectivity index (χ3v) is 8.99. The number of hydrogen-bond acceptors (Lipinski definition) is 12. The maximum atomic E-state index is 12.3. The third kappa shape index (κ3) is 9.53. The Labute approximate surface area is 226 Å². The molecule has 39 heavy (non-hydrogen) atoms. The Kier molecular flexibility index (Phi) is 12.3. The summed E-state index contributed by atoms with van der Waals surface area (Å²) < 4.78 is 45.2. The van der Waals surface area contributed by atoms with Gasteiger partial charge in [-0.2, -0.15) is 4.31 Å². The van der Waals surface area contributed by atoms with Crippen LogP contribution in [0, 0.1) is 0 Å². The van der Waals surface area contributed by atoms with Gasteiger partial charge in [0, 0.05) is 0 Å². The molecule has 222 valence electrons. The predicted octanol–water partition coefficient (Wildman–Crippen LogP) is 3.20. The van der Waals surface area contributed by atoms with E-state index in [1.807, 2.05) is 0 Å². The van der Waals surface area contributed by atoms with Crippen LogP contribution in [-0.4, -0.2) is 71.0 Å². The molecule has 2 aromatic rings. The minimum Gasteiger partial charge on any atom is -0.387 e. The number of ether oxygens (including phenoxy) is 1. The average molecular weight is 596 g/mol. The van der Waals surface area contributed by atoms with E-state index in [9.17, 15) is 29.1 Å². The molecule has 0 radical (unpaired) electrons. The summed E-state index contributed by atoms with van der Waals surface area (Å²) >= 11 is 0. The van der Waals surface area contributed by atoms with Crippen molar-refractivity contribution in [2.45, 2.75) is 95.7 Å². The minimum atomic E-state index is -5.09. The summed E-state index contributed by atoms with van der Waals surface area (Å²) in [7, 11) is -9.98. The van der Waals surface area contributed by atoms with Gasteiger partial charge in [-0.1, -0.05) is 64.7 Å². The fourth-order valence-corrected chi connectivity index (χ4v) is 6.38. The first kappa shape index (κ1) is 32.0. The molecule has 2 unspecified atom stereocenters. The minimum absolute atomic E-state index is 0.105. The Balaban J connectivity index is 1.39. The van der Waals surface area contributed by atoms with Crippen molar-refractivity contribution >= 4 is 32.6 Å². The Morgan fingerprint density at radius 1 is 0.923 bits per heavy atom. The quantitative estimate of drug-likeness (QED) is 0.123. The maximum absolute atomic E-state index is 12.3. The summed E-state index contributed by atoms with van der Waals surface area (Å²) in [6.07, 6.45) is 7.62. The second-order valence-electron chi connectivity index (χ2n) is 9.46. The van der Waals surface area contributed by atoms with Gasteiger partial charge in [-0.05, 0) is 6.42 Å². The smallest absolute Gasteiger partial charge is 0.387 e. The number of phosphoric acid groups is 2. The number of unbranched alkanes of at least 4 members (excludes halogenated alkanes) is 9. The van der Waals surface area contributed by atoms with Gasteiger partial charge in [-0.15, -0.1) is 0 Å². The molecule has 2 aromatic heterocycles. The van der Waals surface area contributed by atoms with Crippen molar-refractivity contribution in [2.24, 2.45) is 0 Å². The van der Waals surface area contributed by atoms with Gasteiger partial charge >= 0.3 is 15.6 Å². The van der Waals surface area contributed by atoms with E-state index in [1.165, 1.54) is 49.3 Å². The average Bonchev–Trinajstić information content (AvgIpc) is 3.42. The lowest BCUT2D eigenvalue weighted by molar-refractivity contribution is -0.0504. The van der Waals surface area contributed by atoms with E-state index < -0.39 is 46.8 Å². The number of aliphatic hydroxyl groups excluding tert-OH is 2. The maximum Gasteiger partial charge on any atom is 0.481 e. The van der Waals surface area contributed by atoms with E-state index >= 15 is 0 Å². The second-order valence-corrected chi connectivity index (χ2v) is 12.5. The van der Waals surface area contributed by atoms with Gasteiger partial charge in [0.25, 0.3) is 0 Å². The van der Waals surface area contributed by atoms with Gasteiger partial charge < -0.3 is 30.5 Å². The number of anilines is 1. The normalized spacial score (nSPS) is 24.6. The van der Waals surface area contributed by atoms with Crippen LogP contribution in [0.2, 0.25) is 0 Å². The number of nitrogens with two attached hydrogens (primary N) is 1. The van der Waals surface area contributed by atoms with Crippen LogP contribution in [0.25, 0.3) is 11.2 Å². The number of aliphatic hydroxyl groups is 2. The molecule has 1 aliphatic heterocycles. The molecule has 6 N–H and O–H groups in total. The summed E-state index contributed by atoms with van der Waals surface area (Å²) in [5.74, 6) is 0.105. The number of imidazole rings is 1. The van der Waals surface area contributed by atoms with E-state index in [-0.39, 0.29) is 23.6 Å². The number of fused-ring (bicyclic) bond motifs is 1. The third-order valence-electron chi connectivity index (χ3n) is 6.36. The highest BCUT2D eigenvalue weighted by molar-refractivity contribution is 7.61. The van der Waals surface area contributed by atoms with Crippen molar-refractivity contribution < 1.29 is 47.2 Å². The highest BCUT2D eigenvalue weighted by atomic mass is 31.3. The first-order valence-corrected chi connectivity index (χ1v) is 16.1. The van der Waals surface area contributed by atoms with Gasteiger partial charge in [0.2, 0.25) is 0 Å². The van der Waals surface area contributed by atoms with Crippen LogP contribution in [-0.2, 0) is 27.2 Å². The molecule has 6 atom stereocenters. The second kappa shape index (κ2) is 14.9. The summed E-state index contributed by atoms with van der Waals surface area (Å²) in [6, 6.07) is 0. The molecule has 0 bridgehead atoms. The molecule has 0 saturated carbocycles. The van der Waals surface area contributed by atoms with E-state index in [0.29, 0.717) is 6.42 Å². The molecule has 1 fully saturated rings. The molecular formula is C22H39N5O10P2. The van der Waals surface area contributed by atoms with Crippen LogP contribution in [0.1, 0.15) is 77.4 Å². The van der Waals surface area contributed by atoms with Crippen molar-refractivity contribution in [3.63, 3.8) is 0 Å². The molecule has 0 aromatic carbocycles. The Bertz CT molecular complexity index is 1140. The fraction of sp³-hybridized carbons (Fsp3) is 0.773. The molecule has 3 heterocycles. The molecule has 3 rings (SSSR count). The number of phosphoric ester groups is 2. The van der Waals surface area contributed by atoms with Gasteiger partial charge in [0.1, 0.15) is 30.2 Å². The standard InChI is InChI=1S/C22H39N5O10P2/c1-2-3-4-5-6-7-8-9-10-11-12-34-38(30,31)37-39(32,33)35-13-16-18(28)19(29)22(36-16)27-15-26-17-20(23)24-14-25-21(17)27/h14-16,18-19,22,28-29H,2-13H2,1H3,(H,30,31)(H,32,33)(H2,23,24,25)/t16-,18+,19-,22-/m1/s1. The van der Waals surface area contributed by atoms with Crippen LogP contribution in [0.3, 0.4) is 0 Å². The number of nitrogens with zero attached hydrogens (tertiary/aromatic N) is 4. The van der Waals surface area contributed by atoms with Crippen LogP contribution >= 0.6 is 15.6 Å². The Hall–Kier alpha value is -1.51. The highest BCUT2D eigenvalue weighted by Gasteiger charge is 2.46. The monoisotopic (exact) mass is 595 g/mol. The molecule has 1 aliphatic rings. The Morgan fingerprint density at radius 3 is 2.21 bits per heavy atom. The topological polar surface area (TPSA) is 222 Å². The van der Waals surface area contributed by atoms with E-state index in [2.05, 4.69) is 26.2 Å². The van der Waals surface area contributed by atoms with Crippen LogP contribution in [0.4, 0.5) is 5.82 Å². The summed E-state index contributed by atoms with van der Waals surface area (Å²) in [5.41, 5.74) is 6.25. The van der Waals surface area contributed by atoms with E-state index in [1.54, 1.807) is 0 Å². The predicted molar refractivity (Wildman–Crippen MR) is 140 cm³/mol. The molecular weight excluding hydrogens is 556 g/mol. The van der Waals surface area contributed by atoms with Gasteiger partial charge in [0.15, 0.2) is 17.7 Å². The SMILES string of the molecule is CCCCCCCCCCCCOP(=O)(O)OP(=O)(O)OC[C@H]1O[C@@H](n2cnc3c(N)ncnc32)[C@H](O)[C@H]1O. The van der Waals surface area contributed by atoms with Crippen molar-refractivity contribution in [2.75, 3.05) is 18.9 Å². The molecule has 0 amide bonds. The molecule has 17 heteroatoms. The number of aromatic nitrogens is 4. The fourth-order valence-electron chi connectivity index (χ4n) is 4.27. The van der Waals surface area contributed by atoms with Gasteiger partial charge in [0.05, 0.1) is 19.5 Å². The van der Waals surface area contributed by atoms with Gasteiger partial charge in [-0.3, -0.25) is 13.6 Å². The number of nitrogen functional groups attached to an aromatic ring is 1. The first-order valence-electron chi connectivity index (χ1n) is 13.2. The lowest BCUT2D eigenvalue weighted by Gasteiger charge is -2.19. The summed E-state index contributed by atoms with van der Waals surface area (Å²) in [5, 5.41) is 20.8. The van der Waals surface area contributed by atoms with Crippen molar-refractivity contribution in [1.29, 1.82) is 0 Å². The zero-order valence-electron chi connectivity index (χ0n) is 21.9. The lowest BCUT2D eigenvalue weighted by atomic mass is 10.1. The van der Waals surface area contributed by atoms with Crippen molar-refractivity contribution in [1.82, 2.24) is 19.5 Å². The zero-order valence-corrected chi connectivity index (χ0v) is 23.7. The zero-order chi connectivity index (χ0) is 28.5. The highest BCUT2D eigenvalue weighted by Crippen LogP contribution is 2.60. The van der Waals surface area contributed by atoms with E-state index in [0.717, 1.165) is 25.7 Å². The van der Waals surface area contributed by atoms with Crippen LogP contribution in [0.5, 0.6) is 0 Å². The van der Waals surface area contributed by atoms with Crippen LogP contribution in [0.15, 0.2) is 12.7 Å². The van der Waals surface area contributed by atoms with E-state index in [4.69, 9.17) is 19.5 Å². The lowest BCUT2D eigenvalue weighted by Crippen LogP contribution is -2.33. The van der Waals surface area contributed by atoms with Crippen LogP contribution < -0.4 is 5.73 Å². The first-order chi connectivity index (χ1) is 18.5. The largest absolute Gasteiger partial charge is 0.481 e. The molecule has 15 nitrogen and oxygen atoms in total. The summed E-state index contributed by atoms with van der Waals surface area (Å²) in [6.45, 7) is 1.31. The molecule has 1 saturated heterocycles. The Morgan fingerprint density at radius 2 is 1.54 bits per heavy atom. The van der Waals surface area contributed by atoms with Crippen molar-refractivity contribution in [3.05, 3.63) is 12.7 Å². The molecule has 0 spiro atoms. The van der Waals surface area contributed by atoms with Crippen molar-refractivity contribution in [3.8, 4) is 0 Å². The summed E-state index contributed by atoms with van der Waals surface area (Å²) in [4.78, 5) is 31.7. The number of hydrogen-bond donors (Lipinski definition) is 5. The number of rotatable bonds is 18.